The molecule has 0 aliphatic heterocycles. The van der Waals surface area contributed by atoms with Crippen LogP contribution in [0.5, 0.6) is 0 Å². The van der Waals surface area contributed by atoms with Crippen LogP contribution < -0.4 is 0 Å². The highest BCUT2D eigenvalue weighted by atomic mass is 28.3. The Morgan fingerprint density at radius 3 is 1.80 bits per heavy atom. The van der Waals surface area contributed by atoms with Gasteiger partial charge in [-0.15, -0.1) is 0 Å². The van der Waals surface area contributed by atoms with E-state index >= 15 is 0 Å². The van der Waals surface area contributed by atoms with E-state index in [-0.39, 0.29) is 8.80 Å². The molecule has 0 unspecified atom stereocenters. The lowest BCUT2D eigenvalue weighted by Gasteiger charge is -1.61. The molecular formula is C4H9Si+. The SMILES string of the molecule is C=C[Si+](C)C. The summed E-state index contributed by atoms with van der Waals surface area (Å²) in [7, 11) is -0.110. The molecule has 0 nitrogen and oxygen atoms in total. The van der Waals surface area contributed by atoms with Crippen LogP contribution in [-0.2, 0) is 0 Å². The molecule has 28 valence electrons. The summed E-state index contributed by atoms with van der Waals surface area (Å²) < 4.78 is 0. The molecule has 0 saturated heterocycles. The molecule has 5 heavy (non-hydrogen) atoms. The van der Waals surface area contributed by atoms with Crippen molar-refractivity contribution in [3.63, 3.8) is 0 Å². The van der Waals surface area contributed by atoms with E-state index in [2.05, 4.69) is 19.7 Å². The zero-order valence-electron chi connectivity index (χ0n) is 3.78. The summed E-state index contributed by atoms with van der Waals surface area (Å²) in [5.74, 6) is 0. The number of hydrogen-bond acceptors (Lipinski definition) is 0. The van der Waals surface area contributed by atoms with Crippen molar-refractivity contribution in [3.8, 4) is 0 Å². The predicted octanol–water partition coefficient (Wildman–Crippen LogP) is 1.47. The minimum atomic E-state index is -0.110. The molecule has 0 spiro atoms. The number of hydrogen-bond donors (Lipinski definition) is 0. The summed E-state index contributed by atoms with van der Waals surface area (Å²) >= 11 is 0. The third-order valence-electron chi connectivity index (χ3n) is 0.408. The van der Waals surface area contributed by atoms with Crippen LogP contribution in [0.15, 0.2) is 12.3 Å². The summed E-state index contributed by atoms with van der Waals surface area (Å²) in [5, 5.41) is 0. The van der Waals surface area contributed by atoms with Gasteiger partial charge in [-0.25, -0.2) is 0 Å². The Morgan fingerprint density at radius 2 is 1.80 bits per heavy atom. The van der Waals surface area contributed by atoms with Crippen LogP contribution in [-0.4, -0.2) is 8.80 Å². The predicted molar refractivity (Wildman–Crippen MR) is 27.7 cm³/mol. The topological polar surface area (TPSA) is 0 Å². The van der Waals surface area contributed by atoms with E-state index in [0.717, 1.165) is 0 Å². The fraction of sp³-hybridized carbons (Fsp3) is 0.500. The van der Waals surface area contributed by atoms with Gasteiger partial charge in [0.2, 0.25) is 0 Å². The molecular weight excluding hydrogens is 76.1 g/mol. The first kappa shape index (κ1) is 4.96. The second-order valence-corrected chi connectivity index (χ2v) is 3.84. The first-order valence-electron chi connectivity index (χ1n) is 1.70. The summed E-state index contributed by atoms with van der Waals surface area (Å²) in [6.07, 6.45) is 0. The Balaban J connectivity index is 2.83. The van der Waals surface area contributed by atoms with Crippen LogP contribution in [0, 0.1) is 0 Å². The van der Waals surface area contributed by atoms with Crippen LogP contribution >= 0.6 is 0 Å². The largest absolute Gasteiger partial charge is 0.337 e. The second-order valence-electron chi connectivity index (χ2n) is 1.28. The van der Waals surface area contributed by atoms with Crippen molar-refractivity contribution in [2.45, 2.75) is 13.1 Å². The average molecular weight is 85.2 g/mol. The van der Waals surface area contributed by atoms with E-state index in [1.807, 2.05) is 5.70 Å². The van der Waals surface area contributed by atoms with Crippen molar-refractivity contribution in [2.75, 3.05) is 0 Å². The van der Waals surface area contributed by atoms with Gasteiger partial charge in [0.05, 0.1) is 18.8 Å². The standard InChI is InChI=1S/C4H9Si/c1-4-5(2)3/h4H,1H2,2-3H3/q+1. The highest BCUT2D eigenvalue weighted by molar-refractivity contribution is 6.61. The Hall–Kier alpha value is -0.0431. The zero-order chi connectivity index (χ0) is 4.28. The van der Waals surface area contributed by atoms with Crippen LogP contribution in [0.25, 0.3) is 0 Å². The van der Waals surface area contributed by atoms with Gasteiger partial charge in [0.25, 0.3) is 0 Å². The van der Waals surface area contributed by atoms with E-state index in [1.54, 1.807) is 0 Å². The Morgan fingerprint density at radius 1 is 1.60 bits per heavy atom. The van der Waals surface area contributed by atoms with Gasteiger partial charge in [-0.2, -0.15) is 0 Å². The summed E-state index contributed by atoms with van der Waals surface area (Å²) in [4.78, 5) is 0. The van der Waals surface area contributed by atoms with Crippen molar-refractivity contribution in [2.24, 2.45) is 0 Å². The minimum Gasteiger partial charge on any atom is -0.0715 e. The first-order valence-corrected chi connectivity index (χ1v) is 4.27. The van der Waals surface area contributed by atoms with Crippen molar-refractivity contribution in [1.29, 1.82) is 0 Å². The lowest BCUT2D eigenvalue weighted by atomic mass is 11.3. The van der Waals surface area contributed by atoms with Crippen molar-refractivity contribution in [1.82, 2.24) is 0 Å². The van der Waals surface area contributed by atoms with Crippen molar-refractivity contribution < 1.29 is 0 Å². The molecule has 0 saturated carbocycles. The fourth-order valence-electron chi connectivity index (χ4n) is 0. The summed E-state index contributed by atoms with van der Waals surface area (Å²) in [6, 6.07) is 0. The smallest absolute Gasteiger partial charge is 0.0715 e. The number of rotatable bonds is 1. The van der Waals surface area contributed by atoms with E-state index < -0.39 is 0 Å². The third kappa shape index (κ3) is 3.96. The maximum atomic E-state index is 3.61. The second kappa shape index (κ2) is 2.21. The van der Waals surface area contributed by atoms with Gasteiger partial charge in [0.1, 0.15) is 0 Å². The van der Waals surface area contributed by atoms with Gasteiger partial charge in [-0.3, -0.25) is 0 Å². The quantitative estimate of drug-likeness (QED) is 0.423. The van der Waals surface area contributed by atoms with Crippen molar-refractivity contribution in [3.05, 3.63) is 12.3 Å². The minimum absolute atomic E-state index is 0.110. The molecule has 0 aromatic heterocycles. The van der Waals surface area contributed by atoms with Gasteiger partial charge in [0.15, 0.2) is 0 Å². The molecule has 0 heterocycles. The Labute approximate surface area is 35.1 Å². The molecule has 0 N–H and O–H groups in total. The van der Waals surface area contributed by atoms with Crippen LogP contribution in [0.4, 0.5) is 0 Å². The molecule has 0 rings (SSSR count). The maximum Gasteiger partial charge on any atom is 0.337 e. The third-order valence-corrected chi connectivity index (χ3v) is 1.22. The van der Waals surface area contributed by atoms with Gasteiger partial charge < -0.3 is 0 Å². The fourth-order valence-corrected chi connectivity index (χ4v) is 0. The van der Waals surface area contributed by atoms with Gasteiger partial charge in [-0.1, -0.05) is 6.58 Å². The molecule has 0 aromatic rings. The zero-order valence-corrected chi connectivity index (χ0v) is 4.78. The highest BCUT2D eigenvalue weighted by Crippen LogP contribution is 1.73. The molecule has 0 radical (unpaired) electrons. The molecule has 0 aromatic carbocycles. The molecule has 0 bridgehead atoms. The van der Waals surface area contributed by atoms with Gasteiger partial charge in [-0.05, 0) is 0 Å². The average Bonchev–Trinajstić information content (AvgIpc) is 1.38. The molecule has 0 amide bonds. The van der Waals surface area contributed by atoms with E-state index in [1.165, 1.54) is 0 Å². The van der Waals surface area contributed by atoms with Gasteiger partial charge >= 0.3 is 8.80 Å². The molecule has 1 heteroatoms. The highest BCUT2D eigenvalue weighted by Gasteiger charge is 1.98. The Kier molecular flexibility index (Phi) is 2.19. The van der Waals surface area contributed by atoms with Crippen LogP contribution in [0.2, 0.25) is 13.1 Å². The lowest BCUT2D eigenvalue weighted by Crippen LogP contribution is -1.89. The summed E-state index contributed by atoms with van der Waals surface area (Å²) in [5.41, 5.74) is 2.02. The van der Waals surface area contributed by atoms with Crippen LogP contribution in [0.1, 0.15) is 0 Å². The maximum absolute atomic E-state index is 3.61. The monoisotopic (exact) mass is 85.0 g/mol. The van der Waals surface area contributed by atoms with E-state index in [9.17, 15) is 0 Å². The molecule has 0 aliphatic carbocycles. The normalized spacial score (nSPS) is 6.80. The van der Waals surface area contributed by atoms with E-state index in [0.29, 0.717) is 0 Å². The molecule has 0 aliphatic rings. The molecule has 0 fully saturated rings. The van der Waals surface area contributed by atoms with Crippen LogP contribution in [0.3, 0.4) is 0 Å². The van der Waals surface area contributed by atoms with Crippen molar-refractivity contribution >= 4 is 8.80 Å². The van der Waals surface area contributed by atoms with E-state index in [4.69, 9.17) is 0 Å². The molecule has 0 atom stereocenters. The summed E-state index contributed by atoms with van der Waals surface area (Å²) in [6.45, 7) is 8.02. The lowest BCUT2D eigenvalue weighted by molar-refractivity contribution is 2.00. The Bertz CT molecular complexity index is 30.6. The first-order chi connectivity index (χ1) is 2.27. The van der Waals surface area contributed by atoms with Gasteiger partial charge in [0, 0.05) is 0 Å².